The molecular formula is C20H13F3N2. The summed E-state index contributed by atoms with van der Waals surface area (Å²) < 4.78 is 39.9. The number of benzene rings is 3. The summed E-state index contributed by atoms with van der Waals surface area (Å²) in [5, 5.41) is 0. The zero-order valence-electron chi connectivity index (χ0n) is 13.0. The summed E-state index contributed by atoms with van der Waals surface area (Å²) in [6.45, 7) is 0. The van der Waals surface area contributed by atoms with Crippen LogP contribution in [-0.4, -0.2) is 9.97 Å². The Morgan fingerprint density at radius 3 is 2.16 bits per heavy atom. The second-order valence-corrected chi connectivity index (χ2v) is 5.70. The van der Waals surface area contributed by atoms with Crippen LogP contribution in [0.4, 0.5) is 13.2 Å². The monoisotopic (exact) mass is 338 g/mol. The molecule has 124 valence electrons. The zero-order chi connectivity index (χ0) is 17.4. The molecule has 4 aromatic rings. The highest BCUT2D eigenvalue weighted by Crippen LogP contribution is 2.37. The van der Waals surface area contributed by atoms with Crippen molar-refractivity contribution in [1.29, 1.82) is 0 Å². The third-order valence-corrected chi connectivity index (χ3v) is 4.09. The highest BCUT2D eigenvalue weighted by atomic mass is 19.4. The van der Waals surface area contributed by atoms with Gasteiger partial charge in [-0.25, -0.2) is 4.98 Å². The van der Waals surface area contributed by atoms with Gasteiger partial charge in [0.1, 0.15) is 5.82 Å². The lowest BCUT2D eigenvalue weighted by molar-refractivity contribution is -0.137. The summed E-state index contributed by atoms with van der Waals surface area (Å²) in [7, 11) is 0. The fourth-order valence-corrected chi connectivity index (χ4v) is 2.95. The van der Waals surface area contributed by atoms with Crippen LogP contribution in [0.3, 0.4) is 0 Å². The first-order valence-electron chi connectivity index (χ1n) is 7.75. The number of H-pyrrole nitrogens is 1. The molecular weight excluding hydrogens is 325 g/mol. The van der Waals surface area contributed by atoms with E-state index in [-0.39, 0.29) is 11.4 Å². The number of halogens is 3. The molecule has 0 aliphatic heterocycles. The van der Waals surface area contributed by atoms with Crippen LogP contribution < -0.4 is 0 Å². The van der Waals surface area contributed by atoms with Crippen LogP contribution >= 0.6 is 0 Å². The van der Waals surface area contributed by atoms with Gasteiger partial charge in [0.2, 0.25) is 0 Å². The molecule has 0 unspecified atom stereocenters. The molecule has 5 heteroatoms. The molecule has 0 radical (unpaired) electrons. The number of hydrogen-bond acceptors (Lipinski definition) is 1. The Morgan fingerprint density at radius 2 is 1.40 bits per heavy atom. The van der Waals surface area contributed by atoms with Crippen molar-refractivity contribution >= 4 is 11.0 Å². The van der Waals surface area contributed by atoms with Crippen molar-refractivity contribution in [3.8, 4) is 22.5 Å². The second-order valence-electron chi connectivity index (χ2n) is 5.70. The van der Waals surface area contributed by atoms with Crippen molar-refractivity contribution in [3.63, 3.8) is 0 Å². The van der Waals surface area contributed by atoms with Gasteiger partial charge in [0.05, 0.1) is 16.6 Å². The number of aromatic amines is 1. The van der Waals surface area contributed by atoms with E-state index in [4.69, 9.17) is 0 Å². The van der Waals surface area contributed by atoms with E-state index in [1.54, 1.807) is 6.07 Å². The van der Waals surface area contributed by atoms with E-state index in [0.717, 1.165) is 17.2 Å². The van der Waals surface area contributed by atoms with Gasteiger partial charge in [-0.3, -0.25) is 0 Å². The number of imidazole rings is 1. The molecule has 2 nitrogen and oxygen atoms in total. The molecule has 1 aromatic heterocycles. The third-order valence-electron chi connectivity index (χ3n) is 4.09. The fraction of sp³-hybridized carbons (Fsp3) is 0.0500. The minimum Gasteiger partial charge on any atom is -0.338 e. The van der Waals surface area contributed by atoms with Crippen LogP contribution in [0.15, 0.2) is 72.8 Å². The van der Waals surface area contributed by atoms with Crippen LogP contribution in [0.2, 0.25) is 0 Å². The number of rotatable bonds is 2. The van der Waals surface area contributed by atoms with Crippen molar-refractivity contribution in [2.24, 2.45) is 0 Å². The number of hydrogen-bond donors (Lipinski definition) is 1. The Bertz CT molecular complexity index is 1030. The van der Waals surface area contributed by atoms with Gasteiger partial charge in [0.15, 0.2) is 0 Å². The molecule has 4 rings (SSSR count). The molecule has 0 bridgehead atoms. The molecule has 0 spiro atoms. The molecule has 0 atom stereocenters. The quantitative estimate of drug-likeness (QED) is 0.483. The standard InChI is InChI=1S/C20H13F3N2/c21-20(22,23)16-11-5-4-9-15(16)19-24-17-12-6-10-14(18(17)25-19)13-7-2-1-3-8-13/h1-12H,(H,24,25). The highest BCUT2D eigenvalue weighted by Gasteiger charge is 2.34. The van der Waals surface area contributed by atoms with Gasteiger partial charge >= 0.3 is 6.18 Å². The van der Waals surface area contributed by atoms with E-state index in [9.17, 15) is 13.2 Å². The SMILES string of the molecule is FC(F)(F)c1ccccc1-c1nc2c(-c3ccccc3)cccc2[nH]1. The average Bonchev–Trinajstić information content (AvgIpc) is 3.06. The minimum absolute atomic E-state index is 0.0465. The topological polar surface area (TPSA) is 28.7 Å². The Hall–Kier alpha value is -3.08. The van der Waals surface area contributed by atoms with E-state index in [2.05, 4.69) is 9.97 Å². The van der Waals surface area contributed by atoms with Crippen molar-refractivity contribution in [3.05, 3.63) is 78.4 Å². The number of nitrogens with one attached hydrogen (secondary N) is 1. The predicted molar refractivity (Wildman–Crippen MR) is 92.0 cm³/mol. The van der Waals surface area contributed by atoms with E-state index in [1.165, 1.54) is 12.1 Å². The van der Waals surface area contributed by atoms with Crippen LogP contribution in [-0.2, 0) is 6.18 Å². The molecule has 25 heavy (non-hydrogen) atoms. The Balaban J connectivity index is 1.93. The van der Waals surface area contributed by atoms with Crippen LogP contribution in [0.25, 0.3) is 33.5 Å². The number of alkyl halides is 3. The molecule has 1 heterocycles. The zero-order valence-corrected chi connectivity index (χ0v) is 13.0. The van der Waals surface area contributed by atoms with Gasteiger partial charge in [-0.05, 0) is 17.7 Å². The van der Waals surface area contributed by atoms with Crippen LogP contribution in [0.5, 0.6) is 0 Å². The number of para-hydroxylation sites is 1. The van der Waals surface area contributed by atoms with Crippen molar-refractivity contribution in [2.45, 2.75) is 6.18 Å². The summed E-state index contributed by atoms with van der Waals surface area (Å²) in [4.78, 5) is 7.50. The van der Waals surface area contributed by atoms with Gasteiger partial charge in [0, 0.05) is 11.1 Å². The van der Waals surface area contributed by atoms with Gasteiger partial charge < -0.3 is 4.98 Å². The maximum absolute atomic E-state index is 13.3. The molecule has 0 amide bonds. The normalized spacial score (nSPS) is 11.8. The van der Waals surface area contributed by atoms with Gasteiger partial charge in [0.25, 0.3) is 0 Å². The van der Waals surface area contributed by atoms with Gasteiger partial charge in [-0.1, -0.05) is 60.7 Å². The molecule has 0 aliphatic rings. The van der Waals surface area contributed by atoms with Crippen molar-refractivity contribution in [1.82, 2.24) is 9.97 Å². The largest absolute Gasteiger partial charge is 0.417 e. The molecule has 1 N–H and O–H groups in total. The fourth-order valence-electron chi connectivity index (χ4n) is 2.95. The summed E-state index contributed by atoms with van der Waals surface area (Å²) in [5.74, 6) is 0.214. The molecule has 0 saturated carbocycles. The molecule has 0 aliphatic carbocycles. The Labute approximate surface area is 142 Å². The summed E-state index contributed by atoms with van der Waals surface area (Å²) in [6, 6.07) is 20.7. The lowest BCUT2D eigenvalue weighted by Gasteiger charge is -2.10. The summed E-state index contributed by atoms with van der Waals surface area (Å²) in [5.41, 5.74) is 2.55. The van der Waals surface area contributed by atoms with E-state index < -0.39 is 11.7 Å². The third kappa shape index (κ3) is 2.78. The second kappa shape index (κ2) is 5.77. The lowest BCUT2D eigenvalue weighted by Crippen LogP contribution is -2.07. The van der Waals surface area contributed by atoms with Crippen LogP contribution in [0, 0.1) is 0 Å². The van der Waals surface area contributed by atoms with E-state index >= 15 is 0 Å². The number of nitrogens with zero attached hydrogens (tertiary/aromatic N) is 1. The maximum Gasteiger partial charge on any atom is 0.417 e. The van der Waals surface area contributed by atoms with Crippen molar-refractivity contribution in [2.75, 3.05) is 0 Å². The van der Waals surface area contributed by atoms with E-state index in [1.807, 2.05) is 48.5 Å². The number of fused-ring (bicyclic) bond motifs is 1. The highest BCUT2D eigenvalue weighted by molar-refractivity contribution is 5.93. The number of aromatic nitrogens is 2. The molecule has 3 aromatic carbocycles. The molecule has 0 fully saturated rings. The molecule has 0 saturated heterocycles. The first kappa shape index (κ1) is 15.4. The maximum atomic E-state index is 13.3. The first-order valence-corrected chi connectivity index (χ1v) is 7.75. The van der Waals surface area contributed by atoms with E-state index in [0.29, 0.717) is 11.0 Å². The summed E-state index contributed by atoms with van der Waals surface area (Å²) >= 11 is 0. The first-order chi connectivity index (χ1) is 12.0. The van der Waals surface area contributed by atoms with Crippen LogP contribution in [0.1, 0.15) is 5.56 Å². The lowest BCUT2D eigenvalue weighted by atomic mass is 10.0. The Morgan fingerprint density at radius 1 is 0.720 bits per heavy atom. The summed E-state index contributed by atoms with van der Waals surface area (Å²) in [6.07, 6.45) is -4.43. The smallest absolute Gasteiger partial charge is 0.338 e. The minimum atomic E-state index is -4.43. The van der Waals surface area contributed by atoms with Gasteiger partial charge in [-0.15, -0.1) is 0 Å². The van der Waals surface area contributed by atoms with Crippen molar-refractivity contribution < 1.29 is 13.2 Å². The Kier molecular flexibility index (Phi) is 3.57. The van der Waals surface area contributed by atoms with Gasteiger partial charge in [-0.2, -0.15) is 13.2 Å². The average molecular weight is 338 g/mol. The predicted octanol–water partition coefficient (Wildman–Crippen LogP) is 5.92.